The van der Waals surface area contributed by atoms with Crippen molar-refractivity contribution >= 4 is 33.3 Å². The standard InChI is InChI=1S/C18H19NO3S/c20-17-7-12(10-19(17)14-5-6-14)11-22-18(21)9-15-8-13-3-1-2-4-16(13)23-15/h1-4,8,12,14H,5-7,9-11H2/t12-/m1/s1. The molecule has 0 radical (unpaired) electrons. The van der Waals surface area contributed by atoms with E-state index in [1.807, 2.05) is 17.0 Å². The van der Waals surface area contributed by atoms with E-state index in [9.17, 15) is 9.59 Å². The van der Waals surface area contributed by atoms with Crippen LogP contribution in [0.25, 0.3) is 10.1 Å². The van der Waals surface area contributed by atoms with E-state index in [1.54, 1.807) is 11.3 Å². The minimum Gasteiger partial charge on any atom is -0.465 e. The Balaban J connectivity index is 1.29. The number of thiophene rings is 1. The third-order valence-corrected chi connectivity index (χ3v) is 5.62. The Bertz CT molecular complexity index is 717. The van der Waals surface area contributed by atoms with E-state index in [1.165, 1.54) is 10.1 Å². The molecule has 1 saturated carbocycles. The zero-order valence-corrected chi connectivity index (χ0v) is 13.7. The molecule has 1 aliphatic carbocycles. The van der Waals surface area contributed by atoms with Gasteiger partial charge >= 0.3 is 5.97 Å². The summed E-state index contributed by atoms with van der Waals surface area (Å²) < 4.78 is 6.60. The lowest BCUT2D eigenvalue weighted by Gasteiger charge is -2.15. The zero-order valence-electron chi connectivity index (χ0n) is 12.9. The number of amides is 1. The summed E-state index contributed by atoms with van der Waals surface area (Å²) in [6.07, 6.45) is 3.09. The SMILES string of the molecule is O=C(Cc1cc2ccccc2s1)OC[C@@H]1CC(=O)N(C2CC2)C1. The Morgan fingerprint density at radius 1 is 1.30 bits per heavy atom. The molecule has 23 heavy (non-hydrogen) atoms. The summed E-state index contributed by atoms with van der Waals surface area (Å²) in [5, 5.41) is 1.17. The number of benzene rings is 1. The smallest absolute Gasteiger partial charge is 0.311 e. The number of ether oxygens (including phenoxy) is 1. The molecule has 1 aromatic heterocycles. The maximum atomic E-state index is 12.0. The molecule has 1 aliphatic heterocycles. The Morgan fingerprint density at radius 3 is 2.91 bits per heavy atom. The predicted octanol–water partition coefficient (Wildman–Crippen LogP) is 3.00. The second-order valence-electron chi connectivity index (χ2n) is 6.46. The molecule has 4 nitrogen and oxygen atoms in total. The largest absolute Gasteiger partial charge is 0.465 e. The molecule has 1 atom stereocenters. The number of hydrogen-bond donors (Lipinski definition) is 0. The van der Waals surface area contributed by atoms with Crippen molar-refractivity contribution in [2.45, 2.75) is 31.7 Å². The van der Waals surface area contributed by atoms with Crippen molar-refractivity contribution in [3.63, 3.8) is 0 Å². The first-order valence-corrected chi connectivity index (χ1v) is 8.93. The summed E-state index contributed by atoms with van der Waals surface area (Å²) in [5.41, 5.74) is 0. The molecular formula is C18H19NO3S. The molecule has 1 aromatic carbocycles. The summed E-state index contributed by atoms with van der Waals surface area (Å²) in [5.74, 6) is 0.182. The molecule has 2 fully saturated rings. The van der Waals surface area contributed by atoms with Crippen molar-refractivity contribution in [3.05, 3.63) is 35.2 Å². The first kappa shape index (κ1) is 14.7. The van der Waals surface area contributed by atoms with Gasteiger partial charge in [-0.1, -0.05) is 18.2 Å². The first-order chi connectivity index (χ1) is 11.2. The number of carbonyl (C=O) groups is 2. The van der Waals surface area contributed by atoms with Gasteiger partial charge in [0.2, 0.25) is 5.91 Å². The lowest BCUT2D eigenvalue weighted by atomic mass is 10.1. The van der Waals surface area contributed by atoms with Crippen LogP contribution < -0.4 is 0 Å². The number of hydrogen-bond acceptors (Lipinski definition) is 4. The minimum absolute atomic E-state index is 0.162. The number of rotatable bonds is 5. The van der Waals surface area contributed by atoms with Crippen LogP contribution in [0.1, 0.15) is 24.1 Å². The van der Waals surface area contributed by atoms with Crippen LogP contribution in [0.5, 0.6) is 0 Å². The molecule has 5 heteroatoms. The van der Waals surface area contributed by atoms with Crippen molar-refractivity contribution < 1.29 is 14.3 Å². The minimum atomic E-state index is -0.200. The molecule has 4 rings (SSSR count). The predicted molar refractivity (Wildman–Crippen MR) is 89.3 cm³/mol. The summed E-state index contributed by atoms with van der Waals surface area (Å²) in [6.45, 7) is 1.11. The molecule has 1 amide bonds. The highest BCUT2D eigenvalue weighted by Crippen LogP contribution is 2.32. The van der Waals surface area contributed by atoms with E-state index < -0.39 is 0 Å². The third-order valence-electron chi connectivity index (χ3n) is 4.50. The van der Waals surface area contributed by atoms with Crippen molar-refractivity contribution in [1.82, 2.24) is 4.90 Å². The maximum absolute atomic E-state index is 12.0. The third kappa shape index (κ3) is 3.24. The van der Waals surface area contributed by atoms with Crippen LogP contribution in [0, 0.1) is 5.92 Å². The number of fused-ring (bicyclic) bond motifs is 1. The molecule has 120 valence electrons. The molecular weight excluding hydrogens is 310 g/mol. The van der Waals surface area contributed by atoms with Gasteiger partial charge in [0, 0.05) is 34.5 Å². The number of esters is 1. The molecule has 1 saturated heterocycles. The highest BCUT2D eigenvalue weighted by atomic mass is 32.1. The molecule has 2 aromatic rings. The Kier molecular flexibility index (Phi) is 3.81. The van der Waals surface area contributed by atoms with Gasteiger partial charge in [-0.05, 0) is 30.4 Å². The fourth-order valence-electron chi connectivity index (χ4n) is 3.19. The molecule has 0 spiro atoms. The average molecular weight is 329 g/mol. The van der Waals surface area contributed by atoms with Gasteiger partial charge in [0.1, 0.15) is 0 Å². The van der Waals surface area contributed by atoms with Crippen LogP contribution in [-0.2, 0) is 20.7 Å². The topological polar surface area (TPSA) is 46.6 Å². The summed E-state index contributed by atoms with van der Waals surface area (Å²) in [7, 11) is 0. The molecule has 0 N–H and O–H groups in total. The van der Waals surface area contributed by atoms with Crippen molar-refractivity contribution in [1.29, 1.82) is 0 Å². The molecule has 0 bridgehead atoms. The van der Waals surface area contributed by atoms with Gasteiger partial charge in [0.05, 0.1) is 13.0 Å². The van der Waals surface area contributed by atoms with E-state index in [2.05, 4.69) is 18.2 Å². The summed E-state index contributed by atoms with van der Waals surface area (Å²) in [6, 6.07) is 10.6. The lowest BCUT2D eigenvalue weighted by Crippen LogP contribution is -2.28. The first-order valence-electron chi connectivity index (χ1n) is 8.11. The van der Waals surface area contributed by atoms with E-state index in [0.29, 0.717) is 25.5 Å². The number of carbonyl (C=O) groups excluding carboxylic acids is 2. The Labute approximate surface area is 139 Å². The highest BCUT2D eigenvalue weighted by Gasteiger charge is 2.39. The quantitative estimate of drug-likeness (QED) is 0.792. The lowest BCUT2D eigenvalue weighted by molar-refractivity contribution is -0.144. The van der Waals surface area contributed by atoms with Gasteiger partial charge in [-0.2, -0.15) is 0 Å². The van der Waals surface area contributed by atoms with Crippen LogP contribution in [0.15, 0.2) is 30.3 Å². The van der Waals surface area contributed by atoms with Gasteiger partial charge in [-0.15, -0.1) is 11.3 Å². The van der Waals surface area contributed by atoms with Crippen LogP contribution >= 0.6 is 11.3 Å². The van der Waals surface area contributed by atoms with Crippen molar-refractivity contribution in [3.8, 4) is 0 Å². The van der Waals surface area contributed by atoms with Crippen LogP contribution in [0.3, 0.4) is 0 Å². The normalized spacial score (nSPS) is 21.1. The second-order valence-corrected chi connectivity index (χ2v) is 7.63. The molecule has 2 heterocycles. The second kappa shape index (κ2) is 5.96. The average Bonchev–Trinajstić information content (AvgIpc) is 3.18. The van der Waals surface area contributed by atoms with Crippen LogP contribution in [-0.4, -0.2) is 36.0 Å². The molecule has 2 aliphatic rings. The van der Waals surface area contributed by atoms with Crippen LogP contribution in [0.4, 0.5) is 0 Å². The van der Waals surface area contributed by atoms with Gasteiger partial charge in [-0.3, -0.25) is 9.59 Å². The Hall–Kier alpha value is -1.88. The van der Waals surface area contributed by atoms with E-state index >= 15 is 0 Å². The van der Waals surface area contributed by atoms with Gasteiger partial charge in [-0.25, -0.2) is 0 Å². The number of nitrogens with zero attached hydrogens (tertiary/aromatic N) is 1. The summed E-state index contributed by atoms with van der Waals surface area (Å²) in [4.78, 5) is 26.9. The van der Waals surface area contributed by atoms with Crippen molar-refractivity contribution in [2.75, 3.05) is 13.2 Å². The molecule has 0 unspecified atom stereocenters. The highest BCUT2D eigenvalue weighted by molar-refractivity contribution is 7.19. The van der Waals surface area contributed by atoms with Gasteiger partial charge in [0.25, 0.3) is 0 Å². The number of likely N-dealkylation sites (tertiary alicyclic amines) is 1. The fourth-order valence-corrected chi connectivity index (χ4v) is 4.24. The van der Waals surface area contributed by atoms with Gasteiger partial charge < -0.3 is 9.64 Å². The fraction of sp³-hybridized carbons (Fsp3) is 0.444. The van der Waals surface area contributed by atoms with E-state index in [-0.39, 0.29) is 17.8 Å². The maximum Gasteiger partial charge on any atom is 0.311 e. The van der Waals surface area contributed by atoms with Crippen molar-refractivity contribution in [2.24, 2.45) is 5.92 Å². The van der Waals surface area contributed by atoms with E-state index in [0.717, 1.165) is 24.3 Å². The monoisotopic (exact) mass is 329 g/mol. The van der Waals surface area contributed by atoms with E-state index in [4.69, 9.17) is 4.74 Å². The Morgan fingerprint density at radius 2 is 2.13 bits per heavy atom. The van der Waals surface area contributed by atoms with Gasteiger partial charge in [0.15, 0.2) is 0 Å². The summed E-state index contributed by atoms with van der Waals surface area (Å²) >= 11 is 1.63. The van der Waals surface area contributed by atoms with Crippen LogP contribution in [0.2, 0.25) is 0 Å². The zero-order chi connectivity index (χ0) is 15.8.